The van der Waals surface area contributed by atoms with Gasteiger partial charge in [0.1, 0.15) is 11.6 Å². The van der Waals surface area contributed by atoms with E-state index in [4.69, 9.17) is 37.8 Å². The van der Waals surface area contributed by atoms with Gasteiger partial charge in [-0.1, -0.05) is 44.9 Å². The molecule has 0 saturated carbocycles. The van der Waals surface area contributed by atoms with Crippen LogP contribution in [-0.2, 0) is 45.6 Å². The van der Waals surface area contributed by atoms with E-state index in [1.165, 1.54) is 0 Å². The monoisotopic (exact) mass is 832 g/mol. The van der Waals surface area contributed by atoms with Crippen LogP contribution in [0.1, 0.15) is 128 Å². The average Bonchev–Trinajstić information content (AvgIpc) is 3.44. The molecule has 0 N–H and O–H groups in total. The van der Waals surface area contributed by atoms with Crippen molar-refractivity contribution in [3.05, 3.63) is 63.6 Å². The van der Waals surface area contributed by atoms with E-state index >= 15 is 0 Å². The van der Waals surface area contributed by atoms with E-state index in [1.54, 1.807) is 24.3 Å². The zero-order valence-electron chi connectivity index (χ0n) is 34.9. The standard InChI is InChI=1S/C15H22BFO2.C12H24B2O4.C9H10BrF.C2H4O2.K/c1-6-7-11-8-9-12(13(17)10-11)16-18-14(2,3)15(4,5)19-16;1-9(2)10(3,4)16-13(15-9)14-17-11(5,6)12(7,8)18-14;1-2-3-7-4-5-8(10)9(11)6-7;1-2(3)4;/h8-10H,6-7H2,1-5H3;1-8H3;4-6H,2-3H2,1H3;1H3,(H,3,4);/q;;;;+1/p-1. The summed E-state index contributed by atoms with van der Waals surface area (Å²) in [6, 6.07) is 10.6. The van der Waals surface area contributed by atoms with Gasteiger partial charge in [-0.05, 0) is 148 Å². The smallest absolute Gasteiger partial charge is 0.550 e. The number of carboxylic acid groups (broad SMARTS) is 1. The maximum atomic E-state index is 14.2. The third-order valence-corrected chi connectivity index (χ3v) is 11.0. The van der Waals surface area contributed by atoms with Crippen molar-refractivity contribution < 1.29 is 98.0 Å². The molecule has 290 valence electrons. The number of rotatable bonds is 6. The summed E-state index contributed by atoms with van der Waals surface area (Å²) < 4.78 is 63.2. The summed E-state index contributed by atoms with van der Waals surface area (Å²) in [6.07, 6.45) is 3.90. The minimum Gasteiger partial charge on any atom is -0.550 e. The Labute approximate surface area is 369 Å². The second-order valence-corrected chi connectivity index (χ2v) is 17.3. The maximum Gasteiger partial charge on any atom is 1.00 e. The van der Waals surface area contributed by atoms with Crippen LogP contribution in [0.4, 0.5) is 8.78 Å². The van der Waals surface area contributed by atoms with E-state index < -0.39 is 38.3 Å². The van der Waals surface area contributed by atoms with Crippen molar-refractivity contribution in [3.63, 3.8) is 0 Å². The molecule has 0 aromatic heterocycles. The molecule has 0 bridgehead atoms. The Hall–Kier alpha value is -0.159. The van der Waals surface area contributed by atoms with Crippen LogP contribution >= 0.6 is 15.9 Å². The van der Waals surface area contributed by atoms with Crippen LogP contribution in [0.5, 0.6) is 0 Å². The molecule has 5 rings (SSSR count). The Morgan fingerprint density at radius 3 is 1.23 bits per heavy atom. The van der Waals surface area contributed by atoms with E-state index in [9.17, 15) is 8.78 Å². The minimum absolute atomic E-state index is 0. The molecule has 2 aromatic rings. The van der Waals surface area contributed by atoms with Crippen LogP contribution in [-0.4, -0.2) is 60.7 Å². The molecule has 3 aliphatic heterocycles. The number of halogens is 3. The van der Waals surface area contributed by atoms with Gasteiger partial charge in [0.05, 0.1) is 38.1 Å². The Morgan fingerprint density at radius 2 is 0.925 bits per heavy atom. The number of carbonyl (C=O) groups is 1. The van der Waals surface area contributed by atoms with Crippen molar-refractivity contribution in [1.82, 2.24) is 0 Å². The molecule has 0 aliphatic carbocycles. The van der Waals surface area contributed by atoms with Crippen molar-refractivity contribution in [2.75, 3.05) is 0 Å². The van der Waals surface area contributed by atoms with Gasteiger partial charge in [-0.3, -0.25) is 0 Å². The Bertz CT molecular complexity index is 1420. The Morgan fingerprint density at radius 1 is 0.623 bits per heavy atom. The van der Waals surface area contributed by atoms with E-state index in [1.807, 2.05) is 95.2 Å². The van der Waals surface area contributed by atoms with E-state index in [0.717, 1.165) is 43.7 Å². The number of aryl methyl sites for hydroxylation is 2. The normalized spacial score (nSPS) is 20.9. The van der Waals surface area contributed by atoms with Gasteiger partial charge in [0.2, 0.25) is 0 Å². The van der Waals surface area contributed by atoms with E-state index in [-0.39, 0.29) is 85.4 Å². The molecule has 0 amide bonds. The molecule has 3 aliphatic rings. The second kappa shape index (κ2) is 20.0. The molecule has 15 heteroatoms. The summed E-state index contributed by atoms with van der Waals surface area (Å²) in [5.74, 6) is -1.50. The number of aliphatic carboxylic acids is 1. The predicted molar refractivity (Wildman–Crippen MR) is 207 cm³/mol. The molecule has 53 heavy (non-hydrogen) atoms. The van der Waals surface area contributed by atoms with Crippen molar-refractivity contribution in [2.45, 2.75) is 163 Å². The fourth-order valence-corrected chi connectivity index (χ4v) is 5.41. The van der Waals surface area contributed by atoms with Crippen molar-refractivity contribution in [1.29, 1.82) is 0 Å². The predicted octanol–water partition coefficient (Wildman–Crippen LogP) is 4.63. The van der Waals surface area contributed by atoms with Gasteiger partial charge in [-0.25, -0.2) is 8.78 Å². The molecule has 2 aromatic carbocycles. The summed E-state index contributed by atoms with van der Waals surface area (Å²) in [7, 11) is -1.58. The molecule has 3 fully saturated rings. The molecular weight excluding hydrogens is 774 g/mol. The Kier molecular flexibility index (Phi) is 19.2. The fourth-order valence-electron chi connectivity index (χ4n) is 5.16. The van der Waals surface area contributed by atoms with Gasteiger partial charge in [-0.15, -0.1) is 0 Å². The van der Waals surface area contributed by atoms with Crippen LogP contribution < -0.4 is 62.0 Å². The maximum absolute atomic E-state index is 14.2. The van der Waals surface area contributed by atoms with E-state index in [0.29, 0.717) is 9.94 Å². The minimum atomic E-state index is -1.08. The van der Waals surface area contributed by atoms with Gasteiger partial charge in [0.25, 0.3) is 0 Å². The third kappa shape index (κ3) is 13.7. The summed E-state index contributed by atoms with van der Waals surface area (Å²) in [6.45, 7) is 29.2. The average molecular weight is 833 g/mol. The van der Waals surface area contributed by atoms with Crippen molar-refractivity contribution >= 4 is 48.5 Å². The SMILES string of the molecule is CC(=O)[O-].CC1(C)OB(B2OC(C)(C)C(C)(C)O2)OC1(C)C.CCCc1ccc(B2OC(C)(C)C(C)(C)O2)c(F)c1.CCCc1ccc(Br)c(F)c1.[K+]. The fraction of sp³-hybridized carbons (Fsp3) is 0.658. The quantitative estimate of drug-likeness (QED) is 0.390. The Balaban J connectivity index is 0.000000385. The zero-order chi connectivity index (χ0) is 40.1. The first kappa shape index (κ1) is 50.9. The number of carbonyl (C=O) groups excluding carboxylic acids is 1. The molecule has 0 radical (unpaired) electrons. The molecular formula is C38H59B3BrF2KO8. The molecule has 3 heterocycles. The van der Waals surface area contributed by atoms with E-state index in [2.05, 4.69) is 29.8 Å². The van der Waals surface area contributed by atoms with Gasteiger partial charge in [0, 0.05) is 11.4 Å². The summed E-state index contributed by atoms with van der Waals surface area (Å²) in [4.78, 5) is 8.89. The van der Waals surface area contributed by atoms with Crippen LogP contribution in [0.15, 0.2) is 40.9 Å². The first-order valence-corrected chi connectivity index (χ1v) is 18.9. The number of hydrogen-bond acceptors (Lipinski definition) is 8. The van der Waals surface area contributed by atoms with Gasteiger partial charge in [0.15, 0.2) is 0 Å². The van der Waals surface area contributed by atoms with Crippen molar-refractivity contribution in [3.8, 4) is 0 Å². The zero-order valence-corrected chi connectivity index (χ0v) is 39.6. The van der Waals surface area contributed by atoms with Crippen LogP contribution in [0, 0.1) is 11.6 Å². The molecule has 8 nitrogen and oxygen atoms in total. The molecule has 0 spiro atoms. The van der Waals surface area contributed by atoms with Crippen LogP contribution in [0.3, 0.4) is 0 Å². The van der Waals surface area contributed by atoms with Gasteiger partial charge >= 0.3 is 72.5 Å². The third-order valence-electron chi connectivity index (χ3n) is 10.4. The molecule has 0 unspecified atom stereocenters. The van der Waals surface area contributed by atoms with Gasteiger partial charge in [-0.2, -0.15) is 0 Å². The van der Waals surface area contributed by atoms with Crippen molar-refractivity contribution in [2.24, 2.45) is 0 Å². The first-order valence-electron chi connectivity index (χ1n) is 18.1. The second-order valence-electron chi connectivity index (χ2n) is 16.4. The summed E-state index contributed by atoms with van der Waals surface area (Å²) in [5, 5.41) is 8.89. The number of hydrogen-bond donors (Lipinski definition) is 0. The first-order chi connectivity index (χ1) is 23.6. The molecule has 0 atom stereocenters. The van der Waals surface area contributed by atoms with Crippen LogP contribution in [0.25, 0.3) is 0 Å². The topological polar surface area (TPSA) is 95.5 Å². The number of carboxylic acids is 1. The number of benzene rings is 2. The summed E-state index contributed by atoms with van der Waals surface area (Å²) >= 11 is 3.11. The summed E-state index contributed by atoms with van der Waals surface area (Å²) in [5.41, 5.74) is 0.246. The van der Waals surface area contributed by atoms with Gasteiger partial charge < -0.3 is 37.8 Å². The molecule has 3 saturated heterocycles. The largest absolute Gasteiger partial charge is 1.00 e. The van der Waals surface area contributed by atoms with Crippen LogP contribution in [0.2, 0.25) is 0 Å².